The zero-order valence-corrected chi connectivity index (χ0v) is 9.99. The minimum absolute atomic E-state index is 0.0974. The molecule has 1 aromatic heterocycles. The lowest BCUT2D eigenvalue weighted by molar-refractivity contribution is 0.571. The highest BCUT2D eigenvalue weighted by Crippen LogP contribution is 2.23. The van der Waals surface area contributed by atoms with Gasteiger partial charge in [0.05, 0.1) is 5.69 Å². The summed E-state index contributed by atoms with van der Waals surface area (Å²) in [5, 5.41) is 0. The summed E-state index contributed by atoms with van der Waals surface area (Å²) in [6.07, 6.45) is 1.42. The van der Waals surface area contributed by atoms with Crippen molar-refractivity contribution in [1.29, 1.82) is 0 Å². The normalized spacial score (nSPS) is 11.2. The number of rotatable bonds is 3. The number of benzene rings is 1. The van der Waals surface area contributed by atoms with Gasteiger partial charge in [-0.1, -0.05) is 12.1 Å². The van der Waals surface area contributed by atoms with Crippen molar-refractivity contribution < 1.29 is 12.8 Å². The molecule has 0 unspecified atom stereocenters. The Hall–Kier alpha value is -2.15. The number of anilines is 2. The van der Waals surface area contributed by atoms with Crippen LogP contribution in [-0.4, -0.2) is 13.4 Å². The van der Waals surface area contributed by atoms with Crippen LogP contribution in [-0.2, 0) is 10.0 Å². The second kappa shape index (κ2) is 4.61. The highest BCUT2D eigenvalue weighted by atomic mass is 32.2. The molecule has 3 N–H and O–H groups in total. The molecule has 0 aliphatic heterocycles. The molecule has 0 fully saturated rings. The number of pyridine rings is 1. The highest BCUT2D eigenvalue weighted by Gasteiger charge is 2.22. The van der Waals surface area contributed by atoms with Crippen LogP contribution in [0.4, 0.5) is 15.9 Å². The Morgan fingerprint density at radius 3 is 2.56 bits per heavy atom. The van der Waals surface area contributed by atoms with E-state index in [4.69, 9.17) is 5.73 Å². The maximum atomic E-state index is 13.5. The average molecular weight is 267 g/mol. The van der Waals surface area contributed by atoms with Crippen molar-refractivity contribution in [2.45, 2.75) is 4.90 Å². The zero-order chi connectivity index (χ0) is 13.2. The predicted octanol–water partition coefficient (Wildman–Crippen LogP) is 1.60. The van der Waals surface area contributed by atoms with Crippen molar-refractivity contribution in [1.82, 2.24) is 4.98 Å². The van der Waals surface area contributed by atoms with E-state index >= 15 is 0 Å². The third-order valence-electron chi connectivity index (χ3n) is 2.17. The highest BCUT2D eigenvalue weighted by molar-refractivity contribution is 7.92. The number of nitrogens with zero attached hydrogens (tertiary/aromatic N) is 1. The lowest BCUT2D eigenvalue weighted by Crippen LogP contribution is -2.17. The van der Waals surface area contributed by atoms with Gasteiger partial charge in [0, 0.05) is 6.20 Å². The molecule has 1 aromatic carbocycles. The largest absolute Gasteiger partial charge is 0.398 e. The monoisotopic (exact) mass is 267 g/mol. The number of nitrogen functional groups attached to an aromatic ring is 1. The van der Waals surface area contributed by atoms with E-state index in [1.807, 2.05) is 0 Å². The van der Waals surface area contributed by atoms with Crippen LogP contribution in [0.15, 0.2) is 47.5 Å². The topological polar surface area (TPSA) is 85.1 Å². The van der Waals surface area contributed by atoms with Gasteiger partial charge in [0.15, 0.2) is 0 Å². The molecule has 0 radical (unpaired) electrons. The summed E-state index contributed by atoms with van der Waals surface area (Å²) in [6.45, 7) is 0. The number of nitrogens with one attached hydrogen (secondary N) is 1. The second-order valence-electron chi connectivity index (χ2n) is 3.48. The molecule has 1 heterocycles. The summed E-state index contributed by atoms with van der Waals surface area (Å²) in [5.74, 6) is -0.807. The van der Waals surface area contributed by atoms with E-state index in [0.29, 0.717) is 0 Å². The van der Waals surface area contributed by atoms with Gasteiger partial charge in [-0.2, -0.15) is 0 Å². The SMILES string of the molecule is Nc1cccc(F)c1S(=O)(=O)Nc1ccccn1. The molecule has 0 saturated heterocycles. The third-order valence-corrected chi connectivity index (χ3v) is 3.62. The first kappa shape index (κ1) is 12.3. The van der Waals surface area contributed by atoms with Gasteiger partial charge in [-0.15, -0.1) is 0 Å². The Bertz CT molecular complexity index is 639. The maximum absolute atomic E-state index is 13.5. The van der Waals surface area contributed by atoms with Crippen LogP contribution in [0.3, 0.4) is 0 Å². The fourth-order valence-corrected chi connectivity index (χ4v) is 2.62. The van der Waals surface area contributed by atoms with Crippen LogP contribution < -0.4 is 10.5 Å². The summed E-state index contributed by atoms with van der Waals surface area (Å²) in [4.78, 5) is 3.22. The molecule has 0 amide bonds. The van der Waals surface area contributed by atoms with Crippen LogP contribution in [0, 0.1) is 5.82 Å². The summed E-state index contributed by atoms with van der Waals surface area (Å²) in [7, 11) is -4.09. The van der Waals surface area contributed by atoms with Crippen LogP contribution in [0.25, 0.3) is 0 Å². The minimum Gasteiger partial charge on any atom is -0.398 e. The lowest BCUT2D eigenvalue weighted by atomic mass is 10.3. The summed E-state index contributed by atoms with van der Waals surface area (Å²) in [6, 6.07) is 8.38. The number of sulfonamides is 1. The first-order valence-electron chi connectivity index (χ1n) is 4.98. The number of hydrogen-bond acceptors (Lipinski definition) is 4. The van der Waals surface area contributed by atoms with E-state index in [9.17, 15) is 12.8 Å². The number of aromatic nitrogens is 1. The summed E-state index contributed by atoms with van der Waals surface area (Å²) in [5.41, 5.74) is 5.33. The van der Waals surface area contributed by atoms with Crippen molar-refractivity contribution in [2.24, 2.45) is 0 Å². The van der Waals surface area contributed by atoms with Crippen molar-refractivity contribution >= 4 is 21.5 Å². The molecule has 0 atom stereocenters. The Morgan fingerprint density at radius 2 is 1.94 bits per heavy atom. The molecule has 18 heavy (non-hydrogen) atoms. The second-order valence-corrected chi connectivity index (χ2v) is 5.10. The van der Waals surface area contributed by atoms with E-state index in [0.717, 1.165) is 6.07 Å². The summed E-state index contributed by atoms with van der Waals surface area (Å²) < 4.78 is 39.6. The molecule has 94 valence electrons. The van der Waals surface area contributed by atoms with E-state index in [2.05, 4.69) is 9.71 Å². The van der Waals surface area contributed by atoms with E-state index < -0.39 is 20.7 Å². The first-order valence-corrected chi connectivity index (χ1v) is 6.47. The fourth-order valence-electron chi connectivity index (χ4n) is 1.42. The molecule has 0 saturated carbocycles. The minimum atomic E-state index is -4.09. The Morgan fingerprint density at radius 1 is 1.17 bits per heavy atom. The quantitative estimate of drug-likeness (QED) is 0.827. The molecule has 2 aromatic rings. The van der Waals surface area contributed by atoms with E-state index in [1.54, 1.807) is 12.1 Å². The Labute approximate surface area is 104 Å². The standard InChI is InChI=1S/C11H10FN3O2S/c12-8-4-3-5-9(13)11(8)18(16,17)15-10-6-1-2-7-14-10/h1-7H,13H2,(H,14,15). The van der Waals surface area contributed by atoms with Gasteiger partial charge in [0.2, 0.25) is 0 Å². The Kier molecular flexibility index (Phi) is 3.15. The number of halogens is 1. The maximum Gasteiger partial charge on any atom is 0.268 e. The van der Waals surface area contributed by atoms with Gasteiger partial charge in [0.25, 0.3) is 10.0 Å². The van der Waals surface area contributed by atoms with Gasteiger partial charge in [-0.05, 0) is 24.3 Å². The molecule has 5 nitrogen and oxygen atoms in total. The van der Waals surface area contributed by atoms with Crippen molar-refractivity contribution in [2.75, 3.05) is 10.5 Å². The van der Waals surface area contributed by atoms with Crippen LogP contribution >= 0.6 is 0 Å². The number of nitrogens with two attached hydrogens (primary N) is 1. The van der Waals surface area contributed by atoms with E-state index in [-0.39, 0.29) is 11.5 Å². The third kappa shape index (κ3) is 2.40. The van der Waals surface area contributed by atoms with Gasteiger partial charge in [-0.25, -0.2) is 17.8 Å². The van der Waals surface area contributed by atoms with E-state index in [1.165, 1.54) is 24.4 Å². The van der Waals surface area contributed by atoms with Crippen molar-refractivity contribution in [3.05, 3.63) is 48.4 Å². The molecule has 2 rings (SSSR count). The number of hydrogen-bond donors (Lipinski definition) is 2. The van der Waals surface area contributed by atoms with Gasteiger partial charge < -0.3 is 5.73 Å². The Balaban J connectivity index is 2.44. The first-order chi connectivity index (χ1) is 8.50. The van der Waals surface area contributed by atoms with Gasteiger partial charge in [0.1, 0.15) is 16.5 Å². The van der Waals surface area contributed by atoms with Crippen LogP contribution in [0.1, 0.15) is 0 Å². The summed E-state index contributed by atoms with van der Waals surface area (Å²) >= 11 is 0. The molecule has 0 spiro atoms. The molecule has 0 aliphatic carbocycles. The molecule has 0 bridgehead atoms. The lowest BCUT2D eigenvalue weighted by Gasteiger charge is -2.09. The van der Waals surface area contributed by atoms with Gasteiger partial charge >= 0.3 is 0 Å². The molecule has 0 aliphatic rings. The van der Waals surface area contributed by atoms with Crippen molar-refractivity contribution in [3.63, 3.8) is 0 Å². The average Bonchev–Trinajstić information content (AvgIpc) is 2.28. The van der Waals surface area contributed by atoms with Crippen LogP contribution in [0.5, 0.6) is 0 Å². The molecular formula is C11H10FN3O2S. The predicted molar refractivity (Wildman–Crippen MR) is 65.9 cm³/mol. The van der Waals surface area contributed by atoms with Crippen molar-refractivity contribution in [3.8, 4) is 0 Å². The zero-order valence-electron chi connectivity index (χ0n) is 9.17. The van der Waals surface area contributed by atoms with Gasteiger partial charge in [-0.3, -0.25) is 4.72 Å². The molecule has 7 heteroatoms. The smallest absolute Gasteiger partial charge is 0.268 e. The molecular weight excluding hydrogens is 257 g/mol. The fraction of sp³-hybridized carbons (Fsp3) is 0. The van der Waals surface area contributed by atoms with Crippen LogP contribution in [0.2, 0.25) is 0 Å².